The average molecular weight is 366 g/mol. The molecule has 1 amide bonds. The second-order valence-corrected chi connectivity index (χ2v) is 6.11. The lowest BCUT2D eigenvalue weighted by molar-refractivity contribution is 0.213. The molecule has 3 N–H and O–H groups in total. The Bertz CT molecular complexity index is 906. The molecule has 0 spiro atoms. The molecule has 3 rings (SSSR count). The predicted molar refractivity (Wildman–Crippen MR) is 87.3 cm³/mol. The Labute approximate surface area is 144 Å². The van der Waals surface area contributed by atoms with E-state index in [0.717, 1.165) is 29.5 Å². The molecule has 0 atom stereocenters. The summed E-state index contributed by atoms with van der Waals surface area (Å²) in [4.78, 5) is 19.9. The number of amides is 1. The topological polar surface area (TPSA) is 105 Å². The van der Waals surface area contributed by atoms with E-state index in [1.54, 1.807) is 13.8 Å². The molecule has 0 saturated carbocycles. The van der Waals surface area contributed by atoms with Crippen LogP contribution in [0, 0.1) is 25.5 Å². The van der Waals surface area contributed by atoms with E-state index in [1.165, 1.54) is 0 Å². The number of hydrogen-bond donors (Lipinski definition) is 3. The highest BCUT2D eigenvalue weighted by Gasteiger charge is 2.17. The Hall–Kier alpha value is -3.08. The number of halogens is 2. The number of H-pyrrole nitrogens is 1. The second kappa shape index (κ2) is 6.81. The summed E-state index contributed by atoms with van der Waals surface area (Å²) < 4.78 is 31.7. The van der Waals surface area contributed by atoms with Gasteiger partial charge in [0.2, 0.25) is 0 Å². The quantitative estimate of drug-likeness (QED) is 0.653. The molecule has 0 aliphatic carbocycles. The maximum atomic E-state index is 13.3. The highest BCUT2D eigenvalue weighted by atomic mass is 32.1. The van der Waals surface area contributed by atoms with E-state index in [1.807, 2.05) is 0 Å². The van der Waals surface area contributed by atoms with Crippen LogP contribution in [0.3, 0.4) is 0 Å². The molecular weight excluding hydrogens is 354 g/mol. The molecule has 3 aromatic rings. The van der Waals surface area contributed by atoms with Gasteiger partial charge in [-0.3, -0.25) is 10.4 Å². The molecule has 11 heteroatoms. The molecule has 0 fully saturated rings. The van der Waals surface area contributed by atoms with E-state index in [-0.39, 0.29) is 17.5 Å². The minimum absolute atomic E-state index is 0.0306. The van der Waals surface area contributed by atoms with Gasteiger partial charge in [0.15, 0.2) is 5.00 Å². The zero-order chi connectivity index (χ0) is 18.0. The molecule has 2 heterocycles. The summed E-state index contributed by atoms with van der Waals surface area (Å²) in [5.41, 5.74) is 0.163. The number of aryl methyl sites for hydroxylation is 2. The van der Waals surface area contributed by atoms with Gasteiger partial charge in [0.1, 0.15) is 17.5 Å². The number of hydrogen-bond acceptors (Lipinski definition) is 7. The average Bonchev–Trinajstić information content (AvgIpc) is 3.04. The number of ether oxygens (including phenoxy) is 1. The molecule has 1 aromatic carbocycles. The summed E-state index contributed by atoms with van der Waals surface area (Å²) in [6, 6.07) is 2.98. The molecule has 130 valence electrons. The van der Waals surface area contributed by atoms with Crippen molar-refractivity contribution in [3.63, 3.8) is 0 Å². The minimum Gasteiger partial charge on any atom is -0.388 e. The Balaban J connectivity index is 1.75. The van der Waals surface area contributed by atoms with Gasteiger partial charge in [0.05, 0.1) is 5.01 Å². The first kappa shape index (κ1) is 16.8. The van der Waals surface area contributed by atoms with Crippen molar-refractivity contribution in [2.75, 3.05) is 10.6 Å². The number of rotatable bonds is 4. The van der Waals surface area contributed by atoms with Crippen molar-refractivity contribution >= 4 is 34.1 Å². The van der Waals surface area contributed by atoms with Gasteiger partial charge in [-0.05, 0) is 26.0 Å². The van der Waals surface area contributed by atoms with Gasteiger partial charge < -0.3 is 10.1 Å². The minimum atomic E-state index is -0.849. The number of aromatic nitrogens is 4. The number of aromatic amines is 1. The van der Waals surface area contributed by atoms with E-state index < -0.39 is 17.7 Å². The normalized spacial score (nSPS) is 10.6. The summed E-state index contributed by atoms with van der Waals surface area (Å²) in [7, 11) is 0. The van der Waals surface area contributed by atoms with Crippen molar-refractivity contribution in [1.82, 2.24) is 20.2 Å². The maximum Gasteiger partial charge on any atom is 0.420 e. The van der Waals surface area contributed by atoms with Gasteiger partial charge in [-0.25, -0.2) is 18.6 Å². The summed E-state index contributed by atoms with van der Waals surface area (Å²) in [5.74, 6) is -0.920. The summed E-state index contributed by atoms with van der Waals surface area (Å²) in [6.45, 7) is 3.37. The number of carbonyl (C=O) groups is 1. The lowest BCUT2D eigenvalue weighted by Gasteiger charge is -2.07. The van der Waals surface area contributed by atoms with Crippen molar-refractivity contribution in [2.24, 2.45) is 0 Å². The fraction of sp³-hybridized carbons (Fsp3) is 0.143. The van der Waals surface area contributed by atoms with Crippen LogP contribution in [0.15, 0.2) is 18.2 Å². The van der Waals surface area contributed by atoms with Crippen molar-refractivity contribution in [3.05, 3.63) is 40.7 Å². The van der Waals surface area contributed by atoms with E-state index in [4.69, 9.17) is 4.74 Å². The van der Waals surface area contributed by atoms with Gasteiger partial charge >= 0.3 is 6.09 Å². The third-order valence-corrected chi connectivity index (χ3v) is 3.69. The molecule has 8 nitrogen and oxygen atoms in total. The summed E-state index contributed by atoms with van der Waals surface area (Å²) >= 11 is 1.16. The fourth-order valence-electron chi connectivity index (χ4n) is 1.92. The molecule has 0 bridgehead atoms. The SMILES string of the molecule is Cc1nc(NC(=O)Oc2nc(C)sc2Nc2cc(F)cc(F)c2)n[nH]1. The Morgan fingerprint density at radius 3 is 2.56 bits per heavy atom. The van der Waals surface area contributed by atoms with E-state index in [2.05, 4.69) is 30.8 Å². The van der Waals surface area contributed by atoms with Crippen LogP contribution in [0.25, 0.3) is 0 Å². The number of carbonyl (C=O) groups excluding carboxylic acids is 1. The first-order valence-electron chi connectivity index (χ1n) is 6.97. The van der Waals surface area contributed by atoms with Crippen LogP contribution in [0.4, 0.5) is 30.2 Å². The van der Waals surface area contributed by atoms with Crippen LogP contribution in [-0.4, -0.2) is 26.3 Å². The van der Waals surface area contributed by atoms with Gasteiger partial charge in [0.25, 0.3) is 11.8 Å². The number of nitrogens with one attached hydrogen (secondary N) is 3. The van der Waals surface area contributed by atoms with Gasteiger partial charge in [0, 0.05) is 11.8 Å². The Morgan fingerprint density at radius 2 is 1.92 bits per heavy atom. The molecule has 2 aromatic heterocycles. The van der Waals surface area contributed by atoms with Crippen molar-refractivity contribution in [1.29, 1.82) is 0 Å². The monoisotopic (exact) mass is 366 g/mol. The van der Waals surface area contributed by atoms with Crippen molar-refractivity contribution < 1.29 is 18.3 Å². The summed E-state index contributed by atoms with van der Waals surface area (Å²) in [6.07, 6.45) is -0.849. The molecule has 0 aliphatic rings. The standard InChI is InChI=1S/C14H12F2N6O2S/c1-6-17-13(22-21-6)20-14(23)24-11-12(25-7(2)18-11)19-10-4-8(15)3-9(16)5-10/h3-5,19H,1-2H3,(H2,17,20,21,22,23). The summed E-state index contributed by atoms with van der Waals surface area (Å²) in [5, 5.41) is 12.3. The molecular formula is C14H12F2N6O2S. The highest BCUT2D eigenvalue weighted by Crippen LogP contribution is 2.34. The van der Waals surface area contributed by atoms with E-state index in [0.29, 0.717) is 15.8 Å². The lowest BCUT2D eigenvalue weighted by atomic mass is 10.3. The van der Waals surface area contributed by atoms with Gasteiger partial charge in [-0.15, -0.1) is 5.10 Å². The second-order valence-electron chi connectivity index (χ2n) is 4.91. The molecule has 25 heavy (non-hydrogen) atoms. The third-order valence-electron chi connectivity index (χ3n) is 2.82. The zero-order valence-corrected chi connectivity index (χ0v) is 13.9. The number of nitrogens with zero attached hydrogens (tertiary/aromatic N) is 3. The molecule has 0 radical (unpaired) electrons. The van der Waals surface area contributed by atoms with Crippen LogP contribution in [0.1, 0.15) is 10.8 Å². The predicted octanol–water partition coefficient (Wildman–Crippen LogP) is 3.51. The van der Waals surface area contributed by atoms with Crippen LogP contribution in [0.2, 0.25) is 0 Å². The number of anilines is 3. The molecule has 0 aliphatic heterocycles. The lowest BCUT2D eigenvalue weighted by Crippen LogP contribution is -2.18. The van der Waals surface area contributed by atoms with Crippen LogP contribution >= 0.6 is 11.3 Å². The smallest absolute Gasteiger partial charge is 0.388 e. The number of benzene rings is 1. The van der Waals surface area contributed by atoms with E-state index in [9.17, 15) is 13.6 Å². The van der Waals surface area contributed by atoms with Crippen LogP contribution in [0.5, 0.6) is 5.88 Å². The first-order valence-corrected chi connectivity index (χ1v) is 7.79. The van der Waals surface area contributed by atoms with Gasteiger partial charge in [-0.1, -0.05) is 11.3 Å². The van der Waals surface area contributed by atoms with Gasteiger partial charge in [-0.2, -0.15) is 4.98 Å². The molecule has 0 unspecified atom stereocenters. The maximum absolute atomic E-state index is 13.3. The van der Waals surface area contributed by atoms with Crippen LogP contribution < -0.4 is 15.4 Å². The largest absolute Gasteiger partial charge is 0.420 e. The zero-order valence-electron chi connectivity index (χ0n) is 13.1. The third kappa shape index (κ3) is 4.26. The Kier molecular flexibility index (Phi) is 4.57. The van der Waals surface area contributed by atoms with Crippen molar-refractivity contribution in [2.45, 2.75) is 13.8 Å². The van der Waals surface area contributed by atoms with Crippen LogP contribution in [-0.2, 0) is 0 Å². The highest BCUT2D eigenvalue weighted by molar-refractivity contribution is 7.16. The first-order chi connectivity index (χ1) is 11.9. The molecule has 0 saturated heterocycles. The fourth-order valence-corrected chi connectivity index (χ4v) is 2.68. The van der Waals surface area contributed by atoms with E-state index >= 15 is 0 Å². The Morgan fingerprint density at radius 1 is 1.20 bits per heavy atom. The number of thiazole rings is 1. The van der Waals surface area contributed by atoms with Crippen molar-refractivity contribution in [3.8, 4) is 5.88 Å².